The molecule has 0 saturated carbocycles. The number of rotatable bonds is 7. The molecule has 37 heavy (non-hydrogen) atoms. The lowest BCUT2D eigenvalue weighted by Gasteiger charge is -2.18. The number of nitrogens with two attached hydrogens (primary N) is 1. The van der Waals surface area contributed by atoms with E-state index in [1.165, 1.54) is 12.8 Å². The number of aromatic amines is 1. The van der Waals surface area contributed by atoms with Crippen LogP contribution in [-0.2, 0) is 0 Å². The predicted molar refractivity (Wildman–Crippen MR) is 148 cm³/mol. The molecule has 0 unspecified atom stereocenters. The average molecular weight is 493 g/mol. The Morgan fingerprint density at radius 3 is 2.46 bits per heavy atom. The van der Waals surface area contributed by atoms with Crippen molar-refractivity contribution in [2.45, 2.75) is 37.8 Å². The Hall–Kier alpha value is -4.01. The Morgan fingerprint density at radius 2 is 1.70 bits per heavy atom. The third kappa shape index (κ3) is 4.85. The first kappa shape index (κ1) is 23.4. The number of benzene rings is 2. The monoisotopic (exact) mass is 492 g/mol. The van der Waals surface area contributed by atoms with Crippen molar-refractivity contribution in [3.05, 3.63) is 84.9 Å². The second-order valence-corrected chi connectivity index (χ2v) is 9.77. The number of aromatic nitrogens is 4. The van der Waals surface area contributed by atoms with Crippen LogP contribution in [-0.4, -0.2) is 39.1 Å². The molecule has 2 aromatic heterocycles. The van der Waals surface area contributed by atoms with Crippen LogP contribution >= 0.6 is 0 Å². The molecule has 2 atom stereocenters. The summed E-state index contributed by atoms with van der Waals surface area (Å²) in [4.78, 5) is 17.3. The number of nitrogens with one attached hydrogen (secondary N) is 4. The minimum absolute atomic E-state index is 0.282. The first-order chi connectivity index (χ1) is 18.2. The fourth-order valence-corrected chi connectivity index (χ4v) is 5.20. The van der Waals surface area contributed by atoms with Gasteiger partial charge in [0.05, 0.1) is 41.7 Å². The molecule has 8 heteroatoms. The Bertz CT molecular complexity index is 1440. The van der Waals surface area contributed by atoms with Crippen molar-refractivity contribution >= 4 is 16.5 Å². The molecule has 8 nitrogen and oxygen atoms in total. The molecule has 2 aliphatic rings. The number of hydrogen-bond donors (Lipinski definition) is 5. The van der Waals surface area contributed by atoms with Crippen LogP contribution in [0.2, 0.25) is 0 Å². The van der Waals surface area contributed by atoms with Gasteiger partial charge in [0.2, 0.25) is 0 Å². The number of H-pyrrole nitrogens is 1. The average Bonchev–Trinajstić information content (AvgIpc) is 3.74. The second-order valence-electron chi connectivity index (χ2n) is 9.77. The molecular formula is C29H32N8. The van der Waals surface area contributed by atoms with Gasteiger partial charge in [0.15, 0.2) is 0 Å². The summed E-state index contributed by atoms with van der Waals surface area (Å²) >= 11 is 0. The first-order valence-electron chi connectivity index (χ1n) is 12.9. The summed E-state index contributed by atoms with van der Waals surface area (Å²) < 4.78 is 0. The Morgan fingerprint density at radius 1 is 0.919 bits per heavy atom. The number of fused-ring (bicyclic) bond motifs is 1. The van der Waals surface area contributed by atoms with Crippen LogP contribution in [0.4, 0.5) is 0 Å². The molecule has 6 rings (SSSR count). The molecule has 2 fully saturated rings. The van der Waals surface area contributed by atoms with Crippen LogP contribution in [0.25, 0.3) is 39.1 Å². The van der Waals surface area contributed by atoms with E-state index in [1.54, 1.807) is 12.4 Å². The molecule has 0 aliphatic carbocycles. The minimum Gasteiger partial charge on any atom is -0.403 e. The van der Waals surface area contributed by atoms with Gasteiger partial charge in [-0.05, 0) is 61.7 Å². The van der Waals surface area contributed by atoms with E-state index in [0.29, 0.717) is 6.04 Å². The molecule has 6 N–H and O–H groups in total. The first-order valence-corrected chi connectivity index (χ1v) is 12.9. The van der Waals surface area contributed by atoms with Gasteiger partial charge in [-0.15, -0.1) is 0 Å². The molecule has 4 aromatic rings. The zero-order chi connectivity index (χ0) is 25.2. The highest BCUT2D eigenvalue weighted by atomic mass is 15.0. The van der Waals surface area contributed by atoms with E-state index in [9.17, 15) is 0 Å². The Balaban J connectivity index is 1.19. The Labute approximate surface area is 216 Å². The van der Waals surface area contributed by atoms with E-state index in [1.807, 2.05) is 12.4 Å². The highest BCUT2D eigenvalue weighted by Gasteiger charge is 2.20. The van der Waals surface area contributed by atoms with Crippen molar-refractivity contribution in [1.29, 1.82) is 0 Å². The molecule has 2 aromatic carbocycles. The lowest BCUT2D eigenvalue weighted by Crippen LogP contribution is -2.30. The van der Waals surface area contributed by atoms with E-state index >= 15 is 0 Å². The molecule has 0 amide bonds. The van der Waals surface area contributed by atoms with Crippen LogP contribution < -0.4 is 21.7 Å². The lowest BCUT2D eigenvalue weighted by molar-refractivity contribution is 0.613. The zero-order valence-electron chi connectivity index (χ0n) is 20.8. The van der Waals surface area contributed by atoms with Crippen molar-refractivity contribution in [3.8, 4) is 22.6 Å². The van der Waals surface area contributed by atoms with Crippen molar-refractivity contribution in [2.75, 3.05) is 13.1 Å². The third-order valence-electron chi connectivity index (χ3n) is 7.30. The highest BCUT2D eigenvalue weighted by Crippen LogP contribution is 2.27. The van der Waals surface area contributed by atoms with Crippen LogP contribution in [0, 0.1) is 0 Å². The zero-order valence-corrected chi connectivity index (χ0v) is 20.8. The maximum Gasteiger partial charge on any atom is 0.123 e. The van der Waals surface area contributed by atoms with Crippen molar-refractivity contribution < 1.29 is 0 Å². The van der Waals surface area contributed by atoms with Gasteiger partial charge in [-0.25, -0.2) is 4.98 Å². The van der Waals surface area contributed by atoms with Gasteiger partial charge in [0.1, 0.15) is 11.5 Å². The summed E-state index contributed by atoms with van der Waals surface area (Å²) in [5.41, 5.74) is 12.3. The Kier molecular flexibility index (Phi) is 6.42. The molecule has 0 radical (unpaired) electrons. The molecular weight excluding hydrogens is 460 g/mol. The SMILES string of the molecule is C=C(N/C(=C\N)c1ccc2cc(-c3cnc(-c4cnc([C@@H]5CCCN5)[nH]4)cn3)ccc2c1)[C@@H]1CCCN1. The summed E-state index contributed by atoms with van der Waals surface area (Å²) in [6.07, 6.45) is 11.6. The van der Waals surface area contributed by atoms with Gasteiger partial charge in [-0.1, -0.05) is 30.8 Å². The standard InChI is InChI=1S/C29H32N8/c1-18(23-4-2-10-31-23)36-25(14-30)21-8-6-20-13-22(9-7-19(20)12-21)26-15-34-27(16-33-26)28-17-35-29(37-28)24-5-3-11-32-24/h6-9,12-17,23-24,31-32,36H,1-5,10-11,30H2,(H,35,37)/b25-14-/t23-,24-/m0/s1. The van der Waals surface area contributed by atoms with Gasteiger partial charge in [-0.2, -0.15) is 0 Å². The number of imidazole rings is 1. The van der Waals surface area contributed by atoms with E-state index in [4.69, 9.17) is 10.7 Å². The maximum atomic E-state index is 5.97. The summed E-state index contributed by atoms with van der Waals surface area (Å²) in [6.45, 7) is 6.28. The quantitative estimate of drug-likeness (QED) is 0.262. The molecule has 188 valence electrons. The predicted octanol–water partition coefficient (Wildman–Crippen LogP) is 4.22. The number of hydrogen-bond acceptors (Lipinski definition) is 7. The fourth-order valence-electron chi connectivity index (χ4n) is 5.20. The van der Waals surface area contributed by atoms with Crippen molar-refractivity contribution in [2.24, 2.45) is 5.73 Å². The third-order valence-corrected chi connectivity index (χ3v) is 7.30. The second kappa shape index (κ2) is 10.2. The summed E-state index contributed by atoms with van der Waals surface area (Å²) in [5, 5.41) is 12.6. The molecule has 0 spiro atoms. The van der Waals surface area contributed by atoms with Crippen LogP contribution in [0.3, 0.4) is 0 Å². The molecule has 0 bridgehead atoms. The van der Waals surface area contributed by atoms with Gasteiger partial charge in [0.25, 0.3) is 0 Å². The van der Waals surface area contributed by atoms with Gasteiger partial charge >= 0.3 is 0 Å². The summed E-state index contributed by atoms with van der Waals surface area (Å²) in [5.74, 6) is 0.967. The van der Waals surface area contributed by atoms with Gasteiger partial charge < -0.3 is 26.7 Å². The van der Waals surface area contributed by atoms with Crippen LogP contribution in [0.1, 0.15) is 43.1 Å². The molecule has 2 saturated heterocycles. The summed E-state index contributed by atoms with van der Waals surface area (Å²) in [7, 11) is 0. The van der Waals surface area contributed by atoms with Crippen molar-refractivity contribution in [1.82, 2.24) is 35.9 Å². The normalized spacial score (nSPS) is 19.9. The smallest absolute Gasteiger partial charge is 0.123 e. The van der Waals surface area contributed by atoms with E-state index in [2.05, 4.69) is 73.9 Å². The largest absolute Gasteiger partial charge is 0.403 e. The van der Waals surface area contributed by atoms with Gasteiger partial charge in [0, 0.05) is 29.1 Å². The summed E-state index contributed by atoms with van der Waals surface area (Å²) in [6, 6.07) is 13.3. The molecule has 2 aliphatic heterocycles. The highest BCUT2D eigenvalue weighted by molar-refractivity contribution is 5.89. The van der Waals surface area contributed by atoms with E-state index in [0.717, 1.165) is 82.1 Å². The van der Waals surface area contributed by atoms with E-state index in [-0.39, 0.29) is 6.04 Å². The lowest BCUT2D eigenvalue weighted by atomic mass is 10.0. The number of nitrogens with zero attached hydrogens (tertiary/aromatic N) is 3. The molecule has 4 heterocycles. The van der Waals surface area contributed by atoms with Crippen molar-refractivity contribution in [3.63, 3.8) is 0 Å². The fraction of sp³-hybridized carbons (Fsp3) is 0.276. The van der Waals surface area contributed by atoms with Crippen LogP contribution in [0.5, 0.6) is 0 Å². The topological polar surface area (TPSA) is 117 Å². The minimum atomic E-state index is 0.282. The maximum absolute atomic E-state index is 5.97. The van der Waals surface area contributed by atoms with Gasteiger partial charge in [-0.3, -0.25) is 9.97 Å². The van der Waals surface area contributed by atoms with E-state index < -0.39 is 0 Å². The van der Waals surface area contributed by atoms with Crippen LogP contribution in [0.15, 0.2) is 73.5 Å².